The molecule has 0 amide bonds. The Balaban J connectivity index is 1.69. The Hall–Kier alpha value is -1.89. The molecule has 1 aromatic carbocycles. The van der Waals surface area contributed by atoms with Crippen LogP contribution >= 0.6 is 0 Å². The smallest absolute Gasteiger partial charge is 0.316 e. The molecule has 5 bridgehead atoms. The summed E-state index contributed by atoms with van der Waals surface area (Å²) in [6.07, 6.45) is 2.21. The molecule has 1 aliphatic carbocycles. The molecule has 142 valence electrons. The molecule has 5 fully saturated rings. The maximum Gasteiger partial charge on any atom is 0.316 e. The van der Waals surface area contributed by atoms with Crippen LogP contribution in [-0.4, -0.2) is 58.6 Å². The number of piperidine rings is 4. The van der Waals surface area contributed by atoms with Crippen LogP contribution in [0.5, 0.6) is 0 Å². The first-order chi connectivity index (χ1) is 13.0. The predicted octanol–water partition coefficient (Wildman–Crippen LogP) is 0.995. The van der Waals surface area contributed by atoms with E-state index < -0.39 is 22.7 Å². The molecule has 0 aromatic heterocycles. The first-order valence-electron chi connectivity index (χ1n) is 9.73. The van der Waals surface area contributed by atoms with Crippen molar-refractivity contribution in [3.8, 4) is 0 Å². The van der Waals surface area contributed by atoms with E-state index in [2.05, 4.69) is 10.2 Å². The summed E-state index contributed by atoms with van der Waals surface area (Å²) in [7, 11) is 1.40. The van der Waals surface area contributed by atoms with Gasteiger partial charge in [0, 0.05) is 24.2 Å². The summed E-state index contributed by atoms with van der Waals surface area (Å²) in [5.74, 6) is -0.554. The molecule has 27 heavy (non-hydrogen) atoms. The number of para-hydroxylation sites is 1. The van der Waals surface area contributed by atoms with Crippen LogP contribution in [0.4, 0.5) is 5.69 Å². The van der Waals surface area contributed by atoms with E-state index in [1.807, 2.05) is 37.3 Å². The van der Waals surface area contributed by atoms with E-state index in [1.165, 1.54) is 7.11 Å². The minimum atomic E-state index is -1.09. The normalized spacial score (nSPS) is 51.9. The number of methoxy groups -OCH3 is 1. The summed E-state index contributed by atoms with van der Waals surface area (Å²) in [6, 6.07) is 7.38. The third-order valence-electron chi connectivity index (χ3n) is 8.39. The molecule has 5 heterocycles. The number of fused-ring (bicyclic) bond motifs is 2. The molecule has 1 saturated carbocycles. The number of hydrogen-bond donors (Lipinski definition) is 3. The van der Waals surface area contributed by atoms with Crippen molar-refractivity contribution in [1.82, 2.24) is 4.90 Å². The number of hydrogen-bond acceptors (Lipinski definition) is 6. The van der Waals surface area contributed by atoms with Gasteiger partial charge in [0.15, 0.2) is 0 Å². The Morgan fingerprint density at radius 2 is 2.15 bits per heavy atom. The molecular formula is C21H24N2O4. The van der Waals surface area contributed by atoms with Crippen molar-refractivity contribution in [2.45, 2.75) is 49.1 Å². The largest absolute Gasteiger partial charge is 0.468 e. The Bertz CT molecular complexity index is 915. The molecule has 6 aliphatic rings. The maximum atomic E-state index is 13.3. The predicted molar refractivity (Wildman–Crippen MR) is 97.9 cm³/mol. The fraction of sp³-hybridized carbons (Fsp3) is 0.571. The molecule has 7 rings (SSSR count). The minimum Gasteiger partial charge on any atom is -0.468 e. The van der Waals surface area contributed by atoms with Gasteiger partial charge in [-0.1, -0.05) is 29.8 Å². The number of rotatable bonds is 1. The van der Waals surface area contributed by atoms with Crippen molar-refractivity contribution in [3.63, 3.8) is 0 Å². The SMILES string of the molecule is CC=C1CN2C3CC45c6ccccc6NC4C2(O)CC1C3(C(=O)OC)C5O. The molecule has 1 spiro atoms. The number of allylic oxidation sites excluding steroid dienone is 1. The van der Waals surface area contributed by atoms with Crippen molar-refractivity contribution < 1.29 is 19.7 Å². The summed E-state index contributed by atoms with van der Waals surface area (Å²) >= 11 is 0. The molecule has 5 aliphatic heterocycles. The second-order valence-corrected chi connectivity index (χ2v) is 8.84. The number of aliphatic hydroxyl groups excluding tert-OH is 1. The number of nitrogens with one attached hydrogen (secondary N) is 1. The lowest BCUT2D eigenvalue weighted by Crippen LogP contribution is -2.77. The third-order valence-corrected chi connectivity index (χ3v) is 8.39. The number of nitrogens with zero attached hydrogens (tertiary/aromatic N) is 1. The van der Waals surface area contributed by atoms with Gasteiger partial charge in [0.1, 0.15) is 11.1 Å². The lowest BCUT2D eigenvalue weighted by Gasteiger charge is -2.64. The second kappa shape index (κ2) is 4.57. The summed E-state index contributed by atoms with van der Waals surface area (Å²) < 4.78 is 5.29. The number of ether oxygens (including phenoxy) is 1. The first kappa shape index (κ1) is 16.1. The van der Waals surface area contributed by atoms with Gasteiger partial charge in [-0.25, -0.2) is 0 Å². The van der Waals surface area contributed by atoms with Crippen molar-refractivity contribution in [2.75, 3.05) is 19.0 Å². The molecular weight excluding hydrogens is 344 g/mol. The van der Waals surface area contributed by atoms with E-state index >= 15 is 0 Å². The fourth-order valence-electron chi connectivity index (χ4n) is 7.51. The van der Waals surface area contributed by atoms with Crippen molar-refractivity contribution in [1.29, 1.82) is 0 Å². The Morgan fingerprint density at radius 3 is 2.89 bits per heavy atom. The van der Waals surface area contributed by atoms with Crippen LogP contribution in [0.25, 0.3) is 0 Å². The van der Waals surface area contributed by atoms with Gasteiger partial charge in [-0.2, -0.15) is 0 Å². The molecule has 4 saturated heterocycles. The zero-order valence-corrected chi connectivity index (χ0v) is 15.5. The molecule has 6 nitrogen and oxygen atoms in total. The average Bonchev–Trinajstić information content (AvgIpc) is 3.15. The van der Waals surface area contributed by atoms with E-state index in [-0.39, 0.29) is 24.0 Å². The lowest BCUT2D eigenvalue weighted by molar-refractivity contribution is -0.240. The van der Waals surface area contributed by atoms with E-state index in [4.69, 9.17) is 4.74 Å². The number of anilines is 1. The lowest BCUT2D eigenvalue weighted by atomic mass is 9.57. The van der Waals surface area contributed by atoms with Gasteiger partial charge in [-0.05, 0) is 31.4 Å². The van der Waals surface area contributed by atoms with Crippen LogP contribution in [0.1, 0.15) is 25.3 Å². The summed E-state index contributed by atoms with van der Waals surface area (Å²) in [4.78, 5) is 15.3. The first-order valence-corrected chi connectivity index (χ1v) is 9.73. The second-order valence-electron chi connectivity index (χ2n) is 8.84. The topological polar surface area (TPSA) is 82.0 Å². The van der Waals surface area contributed by atoms with Gasteiger partial charge >= 0.3 is 5.97 Å². The van der Waals surface area contributed by atoms with Crippen LogP contribution in [0.2, 0.25) is 0 Å². The van der Waals surface area contributed by atoms with Gasteiger partial charge in [-0.3, -0.25) is 9.69 Å². The average molecular weight is 368 g/mol. The highest BCUT2D eigenvalue weighted by Gasteiger charge is 2.85. The van der Waals surface area contributed by atoms with E-state index in [0.29, 0.717) is 19.4 Å². The van der Waals surface area contributed by atoms with E-state index in [0.717, 1.165) is 16.8 Å². The van der Waals surface area contributed by atoms with Gasteiger partial charge < -0.3 is 20.3 Å². The summed E-state index contributed by atoms with van der Waals surface area (Å²) in [5, 5.41) is 27.3. The molecule has 0 radical (unpaired) electrons. The van der Waals surface area contributed by atoms with Crippen LogP contribution < -0.4 is 5.32 Å². The van der Waals surface area contributed by atoms with Gasteiger partial charge in [0.05, 0.1) is 24.7 Å². The van der Waals surface area contributed by atoms with Gasteiger partial charge in [-0.15, -0.1) is 0 Å². The van der Waals surface area contributed by atoms with Crippen LogP contribution in [0.3, 0.4) is 0 Å². The van der Waals surface area contributed by atoms with E-state index in [9.17, 15) is 15.0 Å². The van der Waals surface area contributed by atoms with Crippen molar-refractivity contribution in [3.05, 3.63) is 41.5 Å². The number of aliphatic hydroxyl groups is 2. The maximum absolute atomic E-state index is 13.3. The number of benzene rings is 1. The zero-order valence-electron chi connectivity index (χ0n) is 15.5. The van der Waals surface area contributed by atoms with E-state index in [1.54, 1.807) is 0 Å². The van der Waals surface area contributed by atoms with Crippen LogP contribution in [0, 0.1) is 11.3 Å². The highest BCUT2D eigenvalue weighted by atomic mass is 16.5. The highest BCUT2D eigenvalue weighted by Crippen LogP contribution is 2.73. The minimum absolute atomic E-state index is 0.205. The zero-order chi connectivity index (χ0) is 18.8. The Morgan fingerprint density at radius 1 is 1.37 bits per heavy atom. The van der Waals surface area contributed by atoms with Crippen molar-refractivity contribution >= 4 is 11.7 Å². The molecule has 8 atom stereocenters. The molecule has 8 unspecified atom stereocenters. The quantitative estimate of drug-likeness (QED) is 0.507. The highest BCUT2D eigenvalue weighted by molar-refractivity contribution is 5.84. The van der Waals surface area contributed by atoms with Gasteiger partial charge in [0.25, 0.3) is 0 Å². The molecule has 6 heteroatoms. The third kappa shape index (κ3) is 1.36. The summed E-state index contributed by atoms with van der Waals surface area (Å²) in [6.45, 7) is 2.61. The van der Waals surface area contributed by atoms with Crippen molar-refractivity contribution in [2.24, 2.45) is 11.3 Å². The monoisotopic (exact) mass is 368 g/mol. The van der Waals surface area contributed by atoms with Crippen LogP contribution in [-0.2, 0) is 14.9 Å². The van der Waals surface area contributed by atoms with Crippen LogP contribution in [0.15, 0.2) is 35.9 Å². The Kier molecular flexibility index (Phi) is 2.72. The number of esters is 1. The standard InChI is InChI=1S/C21H24N2O4/c1-3-11-10-23-15-9-19-12-6-4-5-7-14(12)22-16(19)20(23,26)8-13(11)21(15,17(19)24)18(25)27-2/h3-7,13,15-17,22,24,26H,8-10H2,1-2H3. The number of carbonyl (C=O) groups excluding carboxylic acids is 1. The number of carbonyl (C=O) groups is 1. The molecule has 1 aromatic rings. The Labute approximate surface area is 157 Å². The van der Waals surface area contributed by atoms with Gasteiger partial charge in [0.2, 0.25) is 0 Å². The summed E-state index contributed by atoms with van der Waals surface area (Å²) in [5.41, 5.74) is 0.278. The molecule has 3 N–H and O–H groups in total. The fourth-order valence-corrected chi connectivity index (χ4v) is 7.51.